The van der Waals surface area contributed by atoms with E-state index in [0.717, 1.165) is 31.7 Å². The summed E-state index contributed by atoms with van der Waals surface area (Å²) >= 11 is 6.23. The molecule has 0 spiro atoms. The minimum atomic E-state index is -1.14. The van der Waals surface area contributed by atoms with Crippen molar-refractivity contribution in [3.05, 3.63) is 69.3 Å². The number of amides is 1. The van der Waals surface area contributed by atoms with Gasteiger partial charge in [-0.05, 0) is 49.1 Å². The molecule has 2 aromatic carbocycles. The van der Waals surface area contributed by atoms with Crippen molar-refractivity contribution in [2.45, 2.75) is 57.8 Å². The molecule has 40 heavy (non-hydrogen) atoms. The van der Waals surface area contributed by atoms with E-state index in [4.69, 9.17) is 20.8 Å². The molecule has 1 aliphatic rings. The average molecular weight is 570 g/mol. The highest BCUT2D eigenvalue weighted by Crippen LogP contribution is 2.34. The van der Waals surface area contributed by atoms with Gasteiger partial charge in [0.25, 0.3) is 0 Å². The van der Waals surface area contributed by atoms with E-state index in [1.54, 1.807) is 12.1 Å². The van der Waals surface area contributed by atoms with Gasteiger partial charge in [-0.25, -0.2) is 9.18 Å². The summed E-state index contributed by atoms with van der Waals surface area (Å²) in [6.07, 6.45) is 7.07. The molecule has 4 rings (SSSR count). The number of benzene rings is 2. The van der Waals surface area contributed by atoms with Crippen molar-refractivity contribution < 1.29 is 27.9 Å². The number of fused-ring (bicyclic) bond motifs is 1. The van der Waals surface area contributed by atoms with Crippen molar-refractivity contribution in [1.82, 2.24) is 4.90 Å². The topological polar surface area (TPSA) is 93.9 Å². The molecule has 1 fully saturated rings. The van der Waals surface area contributed by atoms with Crippen LogP contribution in [0.25, 0.3) is 22.1 Å². The second-order valence-electron chi connectivity index (χ2n) is 10.2. The first-order valence-electron chi connectivity index (χ1n) is 13.8. The van der Waals surface area contributed by atoms with Gasteiger partial charge in [0.1, 0.15) is 23.6 Å². The van der Waals surface area contributed by atoms with Crippen LogP contribution in [-0.2, 0) is 19.1 Å². The number of nitrogens with zero attached hydrogens (tertiary/aromatic N) is 1. The SMILES string of the molecule is CCCCCCCOC(=O)[C@H]1CCCN(C(=O)C(C=O)c2ccc3c(-c4ccc(F)cc4Cl)cc(=O)oc3c2)C1. The van der Waals surface area contributed by atoms with Gasteiger partial charge in [-0.15, -0.1) is 0 Å². The van der Waals surface area contributed by atoms with Crippen LogP contribution in [0.4, 0.5) is 4.39 Å². The second kappa shape index (κ2) is 13.7. The van der Waals surface area contributed by atoms with Crippen molar-refractivity contribution >= 4 is 40.7 Å². The fourth-order valence-electron chi connectivity index (χ4n) is 5.15. The number of halogens is 2. The Hall–Kier alpha value is -3.52. The van der Waals surface area contributed by atoms with Gasteiger partial charge in [0.2, 0.25) is 5.91 Å². The third kappa shape index (κ3) is 6.97. The lowest BCUT2D eigenvalue weighted by molar-refractivity contribution is -0.152. The first-order valence-corrected chi connectivity index (χ1v) is 14.1. The van der Waals surface area contributed by atoms with Gasteiger partial charge in [0.05, 0.1) is 17.5 Å². The molecule has 1 aromatic heterocycles. The van der Waals surface area contributed by atoms with Crippen LogP contribution >= 0.6 is 11.6 Å². The Morgan fingerprint density at radius 2 is 1.93 bits per heavy atom. The smallest absolute Gasteiger partial charge is 0.336 e. The first-order chi connectivity index (χ1) is 19.3. The van der Waals surface area contributed by atoms with E-state index in [1.807, 2.05) is 0 Å². The van der Waals surface area contributed by atoms with Gasteiger partial charge >= 0.3 is 11.6 Å². The number of aldehydes is 1. The maximum absolute atomic E-state index is 13.6. The Bertz CT molecular complexity index is 1440. The van der Waals surface area contributed by atoms with Crippen LogP contribution in [0.1, 0.15) is 63.4 Å². The lowest BCUT2D eigenvalue weighted by Gasteiger charge is -2.33. The third-order valence-corrected chi connectivity index (χ3v) is 7.62. The maximum atomic E-state index is 13.6. The highest BCUT2D eigenvalue weighted by Gasteiger charge is 2.33. The van der Waals surface area contributed by atoms with Crippen LogP contribution in [0, 0.1) is 11.7 Å². The number of carbonyl (C=O) groups is 3. The Morgan fingerprint density at radius 3 is 2.67 bits per heavy atom. The van der Waals surface area contributed by atoms with Gasteiger partial charge < -0.3 is 18.8 Å². The van der Waals surface area contributed by atoms with Crippen LogP contribution in [0.15, 0.2) is 51.7 Å². The van der Waals surface area contributed by atoms with Crippen molar-refractivity contribution in [3.63, 3.8) is 0 Å². The van der Waals surface area contributed by atoms with Gasteiger partial charge in [-0.2, -0.15) is 0 Å². The maximum Gasteiger partial charge on any atom is 0.336 e. The number of ether oxygens (including phenoxy) is 1. The molecule has 7 nitrogen and oxygen atoms in total. The number of carbonyl (C=O) groups excluding carboxylic acids is 3. The molecule has 2 heterocycles. The molecule has 0 N–H and O–H groups in total. The largest absolute Gasteiger partial charge is 0.465 e. The van der Waals surface area contributed by atoms with Crippen molar-refractivity contribution in [2.24, 2.45) is 5.92 Å². The van der Waals surface area contributed by atoms with Gasteiger partial charge in [0.15, 0.2) is 0 Å². The summed E-state index contributed by atoms with van der Waals surface area (Å²) in [6, 6.07) is 9.89. The van der Waals surface area contributed by atoms with E-state index in [0.29, 0.717) is 54.4 Å². The zero-order valence-corrected chi connectivity index (χ0v) is 23.3. The van der Waals surface area contributed by atoms with Gasteiger partial charge in [-0.1, -0.05) is 56.3 Å². The zero-order valence-electron chi connectivity index (χ0n) is 22.5. The van der Waals surface area contributed by atoms with Gasteiger partial charge in [0, 0.05) is 35.7 Å². The quantitative estimate of drug-likeness (QED) is 0.0886. The molecule has 0 aliphatic carbocycles. The minimum Gasteiger partial charge on any atom is -0.465 e. The molecular weight excluding hydrogens is 537 g/mol. The van der Waals surface area contributed by atoms with Crippen LogP contribution in [0.5, 0.6) is 0 Å². The number of likely N-dealkylation sites (tertiary alicyclic amines) is 1. The summed E-state index contributed by atoms with van der Waals surface area (Å²) in [6.45, 7) is 3.14. The van der Waals surface area contributed by atoms with Gasteiger partial charge in [-0.3, -0.25) is 9.59 Å². The van der Waals surface area contributed by atoms with Crippen LogP contribution in [0.2, 0.25) is 5.02 Å². The van der Waals surface area contributed by atoms with Crippen LogP contribution < -0.4 is 5.63 Å². The van der Waals surface area contributed by atoms with Crippen molar-refractivity contribution in [1.29, 1.82) is 0 Å². The molecule has 212 valence electrons. The van der Waals surface area contributed by atoms with E-state index in [1.165, 1.54) is 35.6 Å². The molecular formula is C31H33ClFNO6. The molecule has 2 atom stereocenters. The van der Waals surface area contributed by atoms with Crippen molar-refractivity contribution in [3.8, 4) is 11.1 Å². The molecule has 1 unspecified atom stereocenters. The lowest BCUT2D eigenvalue weighted by atomic mass is 9.93. The summed E-state index contributed by atoms with van der Waals surface area (Å²) < 4.78 is 24.4. The van der Waals surface area contributed by atoms with E-state index in [-0.39, 0.29) is 23.1 Å². The van der Waals surface area contributed by atoms with Crippen LogP contribution in [0.3, 0.4) is 0 Å². The molecule has 0 bridgehead atoms. The summed E-state index contributed by atoms with van der Waals surface area (Å²) in [4.78, 5) is 52.1. The fraction of sp³-hybridized carbons (Fsp3) is 0.419. The highest BCUT2D eigenvalue weighted by molar-refractivity contribution is 6.33. The van der Waals surface area contributed by atoms with Crippen LogP contribution in [-0.4, -0.2) is 42.8 Å². The summed E-state index contributed by atoms with van der Waals surface area (Å²) in [5.41, 5.74) is 0.758. The summed E-state index contributed by atoms with van der Waals surface area (Å²) in [7, 11) is 0. The zero-order chi connectivity index (χ0) is 28.6. The fourth-order valence-corrected chi connectivity index (χ4v) is 5.41. The molecule has 1 aliphatic heterocycles. The normalized spacial score (nSPS) is 16.1. The van der Waals surface area contributed by atoms with E-state index in [9.17, 15) is 23.6 Å². The number of unbranched alkanes of at least 4 members (excludes halogenated alkanes) is 4. The molecule has 9 heteroatoms. The van der Waals surface area contributed by atoms with E-state index < -0.39 is 29.2 Å². The average Bonchev–Trinajstić information content (AvgIpc) is 2.94. The molecule has 1 amide bonds. The van der Waals surface area contributed by atoms with E-state index >= 15 is 0 Å². The summed E-state index contributed by atoms with van der Waals surface area (Å²) in [5, 5.41) is 0.649. The highest BCUT2D eigenvalue weighted by atomic mass is 35.5. The molecule has 1 saturated heterocycles. The summed E-state index contributed by atoms with van der Waals surface area (Å²) in [5.74, 6) is -2.81. The number of rotatable bonds is 11. The predicted octanol–water partition coefficient (Wildman–Crippen LogP) is 6.29. The minimum absolute atomic E-state index is 0.131. The predicted molar refractivity (Wildman–Crippen MR) is 151 cm³/mol. The molecule has 0 saturated carbocycles. The molecule has 3 aromatic rings. The second-order valence-corrected chi connectivity index (χ2v) is 10.6. The monoisotopic (exact) mass is 569 g/mol. The Labute approximate surface area is 237 Å². The first kappa shape index (κ1) is 29.5. The Morgan fingerprint density at radius 1 is 1.12 bits per heavy atom. The van der Waals surface area contributed by atoms with Crippen molar-refractivity contribution in [2.75, 3.05) is 19.7 Å². The number of hydrogen-bond acceptors (Lipinski definition) is 6. The number of esters is 1. The standard InChI is InChI=1S/C31H33ClFNO6/c1-2-3-4-5-6-14-39-31(38)21-8-7-13-34(18-21)30(37)26(19-35)20-9-11-24-25(17-29(36)40-28(24)15-20)23-12-10-22(33)16-27(23)32/h9-12,15-17,19,21,26H,2-8,13-14,18H2,1H3/t21-,26?/m0/s1. The van der Waals surface area contributed by atoms with E-state index in [2.05, 4.69) is 6.92 Å². The Balaban J connectivity index is 1.49. The third-order valence-electron chi connectivity index (χ3n) is 7.31. The number of hydrogen-bond donors (Lipinski definition) is 0. The number of piperidine rings is 1. The molecule has 0 radical (unpaired) electrons. The lowest BCUT2D eigenvalue weighted by Crippen LogP contribution is -2.45. The Kier molecular flexibility index (Phi) is 10.1.